The Morgan fingerprint density at radius 3 is 2.89 bits per heavy atom. The molecule has 0 amide bonds. The van der Waals surface area contributed by atoms with Crippen molar-refractivity contribution in [1.29, 1.82) is 0 Å². The summed E-state index contributed by atoms with van der Waals surface area (Å²) >= 11 is 5.83. The number of carbonyl (C=O) groups is 1. The molecule has 2 atom stereocenters. The fourth-order valence-electron chi connectivity index (χ4n) is 2.42. The van der Waals surface area contributed by atoms with E-state index in [2.05, 4.69) is 0 Å². The minimum atomic E-state index is -0.781. The van der Waals surface area contributed by atoms with Crippen molar-refractivity contribution in [2.75, 3.05) is 13.1 Å². The number of nitrogens with zero attached hydrogens (tertiary/aromatic N) is 1. The Labute approximate surface area is 110 Å². The van der Waals surface area contributed by atoms with Crippen molar-refractivity contribution in [2.45, 2.75) is 13.5 Å². The van der Waals surface area contributed by atoms with Gasteiger partial charge in [0.05, 0.1) is 5.92 Å². The van der Waals surface area contributed by atoms with E-state index < -0.39 is 5.97 Å². The number of benzene rings is 1. The number of likely N-dealkylation sites (tertiary alicyclic amines) is 1. The molecule has 1 N–H and O–H groups in total. The SMILES string of the molecule is CC1CN(Cc2cc(Cl)ccc2F)CC1C(=O)O. The molecule has 0 saturated carbocycles. The Balaban J connectivity index is 2.07. The molecule has 0 bridgehead atoms. The smallest absolute Gasteiger partial charge is 0.308 e. The minimum absolute atomic E-state index is 0.0877. The first-order chi connectivity index (χ1) is 8.47. The summed E-state index contributed by atoms with van der Waals surface area (Å²) in [5.41, 5.74) is 0.515. The van der Waals surface area contributed by atoms with Crippen LogP contribution < -0.4 is 0 Å². The number of hydrogen-bond donors (Lipinski definition) is 1. The molecule has 0 radical (unpaired) electrons. The Morgan fingerprint density at radius 2 is 2.28 bits per heavy atom. The molecule has 1 fully saturated rings. The van der Waals surface area contributed by atoms with E-state index in [9.17, 15) is 9.18 Å². The molecular weight excluding hydrogens is 257 g/mol. The summed E-state index contributed by atoms with van der Waals surface area (Å²) < 4.78 is 13.6. The van der Waals surface area contributed by atoms with Crippen LogP contribution in [0.1, 0.15) is 12.5 Å². The first-order valence-electron chi connectivity index (χ1n) is 5.86. The van der Waals surface area contributed by atoms with E-state index in [1.165, 1.54) is 12.1 Å². The Morgan fingerprint density at radius 1 is 1.56 bits per heavy atom. The molecule has 3 nitrogen and oxygen atoms in total. The lowest BCUT2D eigenvalue weighted by atomic mass is 9.99. The Bertz CT molecular complexity index is 466. The second-order valence-corrected chi connectivity index (χ2v) is 5.29. The maximum absolute atomic E-state index is 13.6. The fraction of sp³-hybridized carbons (Fsp3) is 0.462. The van der Waals surface area contributed by atoms with Crippen LogP contribution in [-0.2, 0) is 11.3 Å². The molecule has 1 aliphatic rings. The third kappa shape index (κ3) is 2.82. The van der Waals surface area contributed by atoms with Gasteiger partial charge in [-0.3, -0.25) is 9.69 Å². The molecule has 0 spiro atoms. The third-order valence-electron chi connectivity index (χ3n) is 3.41. The van der Waals surface area contributed by atoms with Gasteiger partial charge >= 0.3 is 5.97 Å². The molecule has 18 heavy (non-hydrogen) atoms. The van der Waals surface area contributed by atoms with Gasteiger partial charge in [0, 0.05) is 30.2 Å². The first-order valence-corrected chi connectivity index (χ1v) is 6.24. The lowest BCUT2D eigenvalue weighted by Gasteiger charge is -2.15. The number of rotatable bonds is 3. The zero-order valence-corrected chi connectivity index (χ0v) is 10.8. The topological polar surface area (TPSA) is 40.5 Å². The summed E-state index contributed by atoms with van der Waals surface area (Å²) in [5, 5.41) is 9.54. The summed E-state index contributed by atoms with van der Waals surface area (Å²) in [4.78, 5) is 13.0. The number of aliphatic carboxylic acids is 1. The average molecular weight is 272 g/mol. The largest absolute Gasteiger partial charge is 0.481 e. The summed E-state index contributed by atoms with van der Waals surface area (Å²) in [6.07, 6.45) is 0. The van der Waals surface area contributed by atoms with Crippen LogP contribution in [0, 0.1) is 17.7 Å². The van der Waals surface area contributed by atoms with E-state index in [0.717, 1.165) is 0 Å². The van der Waals surface area contributed by atoms with Gasteiger partial charge in [-0.05, 0) is 24.1 Å². The third-order valence-corrected chi connectivity index (χ3v) is 3.64. The molecule has 0 aromatic heterocycles. The van der Waals surface area contributed by atoms with E-state index in [-0.39, 0.29) is 17.7 Å². The fourth-order valence-corrected chi connectivity index (χ4v) is 2.62. The highest BCUT2D eigenvalue weighted by Crippen LogP contribution is 2.26. The average Bonchev–Trinajstić information content (AvgIpc) is 2.65. The van der Waals surface area contributed by atoms with E-state index in [0.29, 0.717) is 30.2 Å². The molecule has 2 unspecified atom stereocenters. The summed E-state index contributed by atoms with van der Waals surface area (Å²) in [5.74, 6) is -1.36. The van der Waals surface area contributed by atoms with Crippen LogP contribution in [0.4, 0.5) is 4.39 Å². The molecule has 5 heteroatoms. The first kappa shape index (κ1) is 13.3. The van der Waals surface area contributed by atoms with E-state index in [1.807, 2.05) is 11.8 Å². The predicted octanol–water partition coefficient (Wildman–Crippen LogP) is 2.63. The molecule has 98 valence electrons. The molecule has 1 heterocycles. The molecule has 0 aliphatic carbocycles. The molecule has 1 aliphatic heterocycles. The van der Waals surface area contributed by atoms with E-state index in [1.54, 1.807) is 6.07 Å². The predicted molar refractivity (Wildman–Crippen MR) is 67.0 cm³/mol. The maximum atomic E-state index is 13.6. The van der Waals surface area contributed by atoms with Gasteiger partial charge in [0.25, 0.3) is 0 Å². The zero-order chi connectivity index (χ0) is 13.3. The van der Waals surface area contributed by atoms with Gasteiger partial charge in [0.1, 0.15) is 5.82 Å². The lowest BCUT2D eigenvalue weighted by molar-refractivity contribution is -0.142. The number of hydrogen-bond acceptors (Lipinski definition) is 2. The summed E-state index contributed by atoms with van der Waals surface area (Å²) in [6, 6.07) is 4.44. The minimum Gasteiger partial charge on any atom is -0.481 e. The van der Waals surface area contributed by atoms with Gasteiger partial charge < -0.3 is 5.11 Å². The van der Waals surface area contributed by atoms with Crippen molar-refractivity contribution in [1.82, 2.24) is 4.90 Å². The van der Waals surface area contributed by atoms with E-state index in [4.69, 9.17) is 16.7 Å². The molecule has 1 aromatic rings. The lowest BCUT2D eigenvalue weighted by Crippen LogP contribution is -2.23. The molecule has 1 aromatic carbocycles. The van der Waals surface area contributed by atoms with Crippen molar-refractivity contribution >= 4 is 17.6 Å². The summed E-state index contributed by atoms with van der Waals surface area (Å²) in [7, 11) is 0. The standard InChI is InChI=1S/C13H15ClFNO2/c1-8-5-16(7-11(8)13(17)18)6-9-4-10(14)2-3-12(9)15/h2-4,8,11H,5-7H2,1H3,(H,17,18). The highest BCUT2D eigenvalue weighted by atomic mass is 35.5. The Kier molecular flexibility index (Phi) is 3.88. The van der Waals surface area contributed by atoms with Crippen LogP contribution in [0.25, 0.3) is 0 Å². The molecule has 1 saturated heterocycles. The van der Waals surface area contributed by atoms with Gasteiger partial charge in [-0.25, -0.2) is 4.39 Å². The van der Waals surface area contributed by atoms with Gasteiger partial charge in [0.15, 0.2) is 0 Å². The number of carboxylic acid groups (broad SMARTS) is 1. The van der Waals surface area contributed by atoms with Crippen molar-refractivity contribution in [2.24, 2.45) is 11.8 Å². The highest BCUT2D eigenvalue weighted by Gasteiger charge is 2.34. The van der Waals surface area contributed by atoms with Crippen molar-refractivity contribution in [3.8, 4) is 0 Å². The second-order valence-electron chi connectivity index (χ2n) is 4.85. The van der Waals surface area contributed by atoms with Gasteiger partial charge in [-0.15, -0.1) is 0 Å². The molecule has 2 rings (SSSR count). The van der Waals surface area contributed by atoms with Crippen molar-refractivity contribution < 1.29 is 14.3 Å². The van der Waals surface area contributed by atoms with Crippen LogP contribution in [-0.4, -0.2) is 29.1 Å². The van der Waals surface area contributed by atoms with Crippen LogP contribution in [0.2, 0.25) is 5.02 Å². The molecular formula is C13H15ClFNO2. The normalized spacial score (nSPS) is 24.4. The monoisotopic (exact) mass is 271 g/mol. The quantitative estimate of drug-likeness (QED) is 0.919. The van der Waals surface area contributed by atoms with Gasteiger partial charge in [-0.2, -0.15) is 0 Å². The van der Waals surface area contributed by atoms with Crippen molar-refractivity contribution in [3.05, 3.63) is 34.6 Å². The van der Waals surface area contributed by atoms with Gasteiger partial charge in [0.2, 0.25) is 0 Å². The zero-order valence-electron chi connectivity index (χ0n) is 10.1. The van der Waals surface area contributed by atoms with Crippen LogP contribution in [0.5, 0.6) is 0 Å². The number of halogens is 2. The van der Waals surface area contributed by atoms with Crippen LogP contribution in [0.15, 0.2) is 18.2 Å². The summed E-state index contributed by atoms with van der Waals surface area (Å²) in [6.45, 7) is 3.44. The van der Waals surface area contributed by atoms with E-state index >= 15 is 0 Å². The van der Waals surface area contributed by atoms with Crippen LogP contribution >= 0.6 is 11.6 Å². The maximum Gasteiger partial charge on any atom is 0.308 e. The second kappa shape index (κ2) is 5.24. The highest BCUT2D eigenvalue weighted by molar-refractivity contribution is 6.30. The Hall–Kier alpha value is -1.13. The van der Waals surface area contributed by atoms with Crippen LogP contribution in [0.3, 0.4) is 0 Å². The number of carboxylic acids is 1. The van der Waals surface area contributed by atoms with Crippen molar-refractivity contribution in [3.63, 3.8) is 0 Å². The van der Waals surface area contributed by atoms with Gasteiger partial charge in [-0.1, -0.05) is 18.5 Å².